The van der Waals surface area contributed by atoms with Crippen molar-refractivity contribution in [3.05, 3.63) is 28.7 Å². The molecular weight excluding hydrogens is 312 g/mol. The number of rotatable bonds is 2. The SMILES string of the molecule is CC1CNC(C2CCCCC2)CN1c1ccccc1Br. The second kappa shape index (κ2) is 6.48. The topological polar surface area (TPSA) is 15.3 Å². The molecule has 1 aromatic rings. The third kappa shape index (κ3) is 3.04. The van der Waals surface area contributed by atoms with Crippen LogP contribution in [0.5, 0.6) is 0 Å². The van der Waals surface area contributed by atoms with Gasteiger partial charge in [0.05, 0.1) is 5.69 Å². The van der Waals surface area contributed by atoms with Gasteiger partial charge >= 0.3 is 0 Å². The highest BCUT2D eigenvalue weighted by atomic mass is 79.9. The summed E-state index contributed by atoms with van der Waals surface area (Å²) in [6.45, 7) is 4.57. The van der Waals surface area contributed by atoms with Gasteiger partial charge < -0.3 is 10.2 Å². The molecule has 0 amide bonds. The number of para-hydroxylation sites is 1. The average Bonchev–Trinajstić information content (AvgIpc) is 2.49. The highest BCUT2D eigenvalue weighted by Gasteiger charge is 2.31. The fourth-order valence-corrected chi connectivity index (χ4v) is 4.27. The molecule has 2 unspecified atom stereocenters. The lowest BCUT2D eigenvalue weighted by molar-refractivity contribution is 0.245. The Kier molecular flexibility index (Phi) is 4.67. The van der Waals surface area contributed by atoms with E-state index in [9.17, 15) is 0 Å². The van der Waals surface area contributed by atoms with Gasteiger partial charge in [0, 0.05) is 29.6 Å². The quantitative estimate of drug-likeness (QED) is 0.870. The first-order chi connectivity index (χ1) is 9.75. The van der Waals surface area contributed by atoms with Crippen molar-refractivity contribution < 1.29 is 0 Å². The van der Waals surface area contributed by atoms with Gasteiger partial charge in [-0.05, 0) is 53.7 Å². The zero-order valence-electron chi connectivity index (χ0n) is 12.3. The van der Waals surface area contributed by atoms with E-state index in [0.717, 1.165) is 19.0 Å². The molecule has 1 aromatic carbocycles. The molecule has 20 heavy (non-hydrogen) atoms. The van der Waals surface area contributed by atoms with Crippen LogP contribution < -0.4 is 10.2 Å². The van der Waals surface area contributed by atoms with Crippen molar-refractivity contribution in [3.8, 4) is 0 Å². The van der Waals surface area contributed by atoms with Gasteiger partial charge in [0.2, 0.25) is 0 Å². The maximum atomic E-state index is 3.80. The number of hydrogen-bond donors (Lipinski definition) is 1. The molecule has 2 fully saturated rings. The second-order valence-electron chi connectivity index (χ2n) is 6.37. The molecule has 0 aromatic heterocycles. The number of piperazine rings is 1. The van der Waals surface area contributed by atoms with Crippen LogP contribution in [0.2, 0.25) is 0 Å². The van der Waals surface area contributed by atoms with Gasteiger partial charge in [-0.15, -0.1) is 0 Å². The molecule has 1 saturated carbocycles. The van der Waals surface area contributed by atoms with Crippen LogP contribution in [-0.2, 0) is 0 Å². The normalized spacial score (nSPS) is 28.6. The van der Waals surface area contributed by atoms with E-state index < -0.39 is 0 Å². The van der Waals surface area contributed by atoms with Crippen LogP contribution in [0.4, 0.5) is 5.69 Å². The molecule has 3 heteroatoms. The van der Waals surface area contributed by atoms with E-state index in [1.165, 1.54) is 42.3 Å². The molecule has 1 aliphatic heterocycles. The highest BCUT2D eigenvalue weighted by Crippen LogP contribution is 2.32. The third-order valence-electron chi connectivity index (χ3n) is 4.98. The van der Waals surface area contributed by atoms with Crippen molar-refractivity contribution in [3.63, 3.8) is 0 Å². The van der Waals surface area contributed by atoms with E-state index in [0.29, 0.717) is 12.1 Å². The Morgan fingerprint density at radius 1 is 1.15 bits per heavy atom. The standard InChI is InChI=1S/C17H25BrN2/c1-13-11-19-16(14-7-3-2-4-8-14)12-20(13)17-10-6-5-9-15(17)18/h5-6,9-10,13-14,16,19H,2-4,7-8,11-12H2,1H3. The van der Waals surface area contributed by atoms with Gasteiger partial charge in [0.25, 0.3) is 0 Å². The lowest BCUT2D eigenvalue weighted by atomic mass is 9.82. The summed E-state index contributed by atoms with van der Waals surface area (Å²) in [6.07, 6.45) is 7.11. The van der Waals surface area contributed by atoms with E-state index in [1.807, 2.05) is 0 Å². The zero-order valence-corrected chi connectivity index (χ0v) is 13.9. The molecule has 0 radical (unpaired) electrons. The van der Waals surface area contributed by atoms with Crippen molar-refractivity contribution in [2.24, 2.45) is 5.92 Å². The predicted octanol–water partition coefficient (Wildman–Crippen LogP) is 4.20. The van der Waals surface area contributed by atoms with Gasteiger partial charge in [-0.1, -0.05) is 31.4 Å². The molecule has 110 valence electrons. The predicted molar refractivity (Wildman–Crippen MR) is 89.3 cm³/mol. The first-order valence-corrected chi connectivity index (χ1v) is 8.79. The van der Waals surface area contributed by atoms with Gasteiger partial charge in [-0.2, -0.15) is 0 Å². The second-order valence-corrected chi connectivity index (χ2v) is 7.22. The van der Waals surface area contributed by atoms with Crippen LogP contribution in [-0.4, -0.2) is 25.2 Å². The minimum atomic E-state index is 0.563. The molecule has 2 atom stereocenters. The van der Waals surface area contributed by atoms with Gasteiger partial charge in [-0.25, -0.2) is 0 Å². The lowest BCUT2D eigenvalue weighted by Gasteiger charge is -2.44. The van der Waals surface area contributed by atoms with Crippen molar-refractivity contribution in [2.45, 2.75) is 51.1 Å². The number of hydrogen-bond acceptors (Lipinski definition) is 2. The minimum Gasteiger partial charge on any atom is -0.365 e. The minimum absolute atomic E-state index is 0.563. The largest absolute Gasteiger partial charge is 0.365 e. The molecule has 1 heterocycles. The maximum Gasteiger partial charge on any atom is 0.0514 e. The zero-order chi connectivity index (χ0) is 13.9. The summed E-state index contributed by atoms with van der Waals surface area (Å²) in [5.74, 6) is 0.876. The van der Waals surface area contributed by atoms with E-state index in [2.05, 4.69) is 57.3 Å². The summed E-state index contributed by atoms with van der Waals surface area (Å²) in [7, 11) is 0. The summed E-state index contributed by atoms with van der Waals surface area (Å²) in [4.78, 5) is 2.58. The first-order valence-electron chi connectivity index (χ1n) is 8.00. The Hall–Kier alpha value is -0.540. The van der Waals surface area contributed by atoms with Crippen molar-refractivity contribution >= 4 is 21.6 Å². The fourth-order valence-electron chi connectivity index (χ4n) is 3.76. The highest BCUT2D eigenvalue weighted by molar-refractivity contribution is 9.10. The number of benzene rings is 1. The molecule has 0 spiro atoms. The monoisotopic (exact) mass is 336 g/mol. The lowest BCUT2D eigenvalue weighted by Crippen LogP contribution is -2.58. The number of anilines is 1. The van der Waals surface area contributed by atoms with Crippen LogP contribution in [0, 0.1) is 5.92 Å². The van der Waals surface area contributed by atoms with E-state index >= 15 is 0 Å². The van der Waals surface area contributed by atoms with Gasteiger partial charge in [-0.3, -0.25) is 0 Å². The summed E-state index contributed by atoms with van der Waals surface area (Å²) in [5, 5.41) is 3.80. The molecule has 2 nitrogen and oxygen atoms in total. The fraction of sp³-hybridized carbons (Fsp3) is 0.647. The summed E-state index contributed by atoms with van der Waals surface area (Å²) >= 11 is 3.71. The summed E-state index contributed by atoms with van der Waals surface area (Å²) in [5.41, 5.74) is 1.35. The smallest absolute Gasteiger partial charge is 0.0514 e. The van der Waals surface area contributed by atoms with Crippen LogP contribution in [0.25, 0.3) is 0 Å². The maximum absolute atomic E-state index is 3.80. The Balaban J connectivity index is 1.74. The Morgan fingerprint density at radius 3 is 2.65 bits per heavy atom. The Labute approximate surface area is 131 Å². The number of nitrogens with one attached hydrogen (secondary N) is 1. The van der Waals surface area contributed by atoms with Crippen molar-refractivity contribution in [2.75, 3.05) is 18.0 Å². The van der Waals surface area contributed by atoms with Crippen LogP contribution in [0.15, 0.2) is 28.7 Å². The molecule has 3 rings (SSSR count). The molecule has 1 aliphatic carbocycles. The molecule has 2 aliphatic rings. The van der Waals surface area contributed by atoms with Crippen LogP contribution in [0.1, 0.15) is 39.0 Å². The Bertz CT molecular complexity index is 442. The van der Waals surface area contributed by atoms with Gasteiger partial charge in [0.15, 0.2) is 0 Å². The summed E-state index contributed by atoms with van der Waals surface area (Å²) in [6, 6.07) is 9.86. The van der Waals surface area contributed by atoms with E-state index in [1.54, 1.807) is 0 Å². The van der Waals surface area contributed by atoms with Crippen molar-refractivity contribution in [1.82, 2.24) is 5.32 Å². The molecule has 1 N–H and O–H groups in total. The molecular formula is C17H25BrN2. The number of halogens is 1. The van der Waals surface area contributed by atoms with Crippen LogP contribution >= 0.6 is 15.9 Å². The first kappa shape index (κ1) is 14.4. The molecule has 0 bridgehead atoms. The van der Waals surface area contributed by atoms with Crippen LogP contribution in [0.3, 0.4) is 0 Å². The molecule has 1 saturated heterocycles. The van der Waals surface area contributed by atoms with Gasteiger partial charge in [0.1, 0.15) is 0 Å². The van der Waals surface area contributed by atoms with Crippen molar-refractivity contribution in [1.29, 1.82) is 0 Å². The van der Waals surface area contributed by atoms with E-state index in [-0.39, 0.29) is 0 Å². The summed E-state index contributed by atoms with van der Waals surface area (Å²) < 4.78 is 1.22. The van der Waals surface area contributed by atoms with E-state index in [4.69, 9.17) is 0 Å². The third-order valence-corrected chi connectivity index (χ3v) is 5.65. The number of nitrogens with zero attached hydrogens (tertiary/aromatic N) is 1. The Morgan fingerprint density at radius 2 is 1.90 bits per heavy atom. The average molecular weight is 337 g/mol.